The highest BCUT2D eigenvalue weighted by atomic mass is 32.2. The van der Waals surface area contributed by atoms with Crippen LogP contribution in [0.5, 0.6) is 11.5 Å². The van der Waals surface area contributed by atoms with Gasteiger partial charge in [0.25, 0.3) is 0 Å². The largest absolute Gasteiger partial charge is 0.573 e. The number of nitrogens with zero attached hydrogens (tertiary/aromatic N) is 2. The number of aryl methyl sites for hydroxylation is 1. The molecule has 6 nitrogen and oxygen atoms in total. The Labute approximate surface area is 135 Å². The molecule has 0 amide bonds. The van der Waals surface area contributed by atoms with Gasteiger partial charge in [-0.1, -0.05) is 17.7 Å². The normalized spacial score (nSPS) is 11.6. The van der Waals surface area contributed by atoms with Crippen molar-refractivity contribution in [1.82, 2.24) is 4.98 Å². The molecule has 0 N–H and O–H groups in total. The summed E-state index contributed by atoms with van der Waals surface area (Å²) >= 11 is 0. The summed E-state index contributed by atoms with van der Waals surface area (Å²) in [5.74, 6) is -1.48. The summed E-state index contributed by atoms with van der Waals surface area (Å²) in [6.45, 7) is 1.74. The first-order valence-corrected chi connectivity index (χ1v) is 7.68. The van der Waals surface area contributed by atoms with Gasteiger partial charge in [-0.25, -0.2) is 4.98 Å². The first kappa shape index (κ1) is 17.6. The van der Waals surface area contributed by atoms with E-state index in [1.165, 1.54) is 30.3 Å². The number of rotatable bonds is 4. The molecule has 24 heavy (non-hydrogen) atoms. The number of pyridine rings is 1. The lowest BCUT2D eigenvalue weighted by molar-refractivity contribution is -0.274. The summed E-state index contributed by atoms with van der Waals surface area (Å²) < 4.78 is 69.4. The van der Waals surface area contributed by atoms with Crippen LogP contribution in [0.2, 0.25) is 0 Å². The van der Waals surface area contributed by atoms with Crippen LogP contribution >= 0.6 is 0 Å². The molecule has 2 aromatic rings. The lowest BCUT2D eigenvalue weighted by Gasteiger charge is -2.11. The number of hydrogen-bond donors (Lipinski definition) is 0. The fourth-order valence-electron chi connectivity index (χ4n) is 1.63. The maximum atomic E-state index is 12.2. The molecule has 0 fully saturated rings. The average Bonchev–Trinajstić information content (AvgIpc) is 2.46. The molecule has 2 rings (SSSR count). The maximum absolute atomic E-state index is 12.2. The molecule has 0 atom stereocenters. The van der Waals surface area contributed by atoms with Gasteiger partial charge >= 0.3 is 16.5 Å². The Hall–Kier alpha value is -2.80. The summed E-state index contributed by atoms with van der Waals surface area (Å²) in [4.78, 5) is 3.17. The lowest BCUT2D eigenvalue weighted by Crippen LogP contribution is -2.18. The Kier molecular flexibility index (Phi) is 4.66. The third-order valence-corrected chi connectivity index (χ3v) is 3.92. The zero-order valence-corrected chi connectivity index (χ0v) is 12.9. The minimum Gasteiger partial charge on any atom is -0.404 e. The van der Waals surface area contributed by atoms with Gasteiger partial charge in [0.15, 0.2) is 17.2 Å². The number of hydrogen-bond acceptors (Lipinski definition) is 6. The third kappa shape index (κ3) is 4.36. The average molecular weight is 358 g/mol. The molecule has 1 aromatic carbocycles. The second-order valence-corrected chi connectivity index (χ2v) is 6.07. The molecule has 126 valence electrons. The van der Waals surface area contributed by atoms with Crippen molar-refractivity contribution in [3.05, 3.63) is 47.8 Å². The van der Waals surface area contributed by atoms with Crippen LogP contribution < -0.4 is 8.92 Å². The van der Waals surface area contributed by atoms with Crippen LogP contribution in [0.3, 0.4) is 0 Å². The molecule has 0 radical (unpaired) electrons. The molecule has 0 unspecified atom stereocenters. The van der Waals surface area contributed by atoms with E-state index in [1.54, 1.807) is 6.92 Å². The summed E-state index contributed by atoms with van der Waals surface area (Å²) in [6, 6.07) is 7.72. The SMILES string of the molecule is Cc1ccc(S(=O)(=O)Oc2cc(OC(F)(F)F)cnc2C#N)cc1. The first-order valence-electron chi connectivity index (χ1n) is 6.28. The molecule has 1 heterocycles. The molecule has 0 spiro atoms. The Bertz CT molecular complexity index is 888. The molecular weight excluding hydrogens is 349 g/mol. The summed E-state index contributed by atoms with van der Waals surface area (Å²) in [5, 5.41) is 8.90. The van der Waals surface area contributed by atoms with Crippen LogP contribution in [-0.2, 0) is 10.1 Å². The summed E-state index contributed by atoms with van der Waals surface area (Å²) in [6.07, 6.45) is -4.36. The van der Waals surface area contributed by atoms with E-state index in [0.29, 0.717) is 12.3 Å². The molecule has 0 saturated heterocycles. The standard InChI is InChI=1S/C14H9F3N2O4S/c1-9-2-4-11(5-3-9)24(20,21)23-13-6-10(22-14(15,16)17)8-19-12(13)7-18/h2-6,8H,1H3. The van der Waals surface area contributed by atoms with Gasteiger partial charge in [0.1, 0.15) is 11.0 Å². The topological polar surface area (TPSA) is 89.3 Å². The fourth-order valence-corrected chi connectivity index (χ4v) is 2.56. The minimum atomic E-state index is -5.00. The van der Waals surface area contributed by atoms with E-state index in [-0.39, 0.29) is 4.90 Å². The van der Waals surface area contributed by atoms with Crippen LogP contribution in [0.15, 0.2) is 41.4 Å². The van der Waals surface area contributed by atoms with Crippen molar-refractivity contribution in [2.45, 2.75) is 18.2 Å². The van der Waals surface area contributed by atoms with E-state index in [1.807, 2.05) is 0 Å². The van der Waals surface area contributed by atoms with Crippen LogP contribution in [0, 0.1) is 18.3 Å². The van der Waals surface area contributed by atoms with Crippen molar-refractivity contribution in [3.8, 4) is 17.6 Å². The number of aromatic nitrogens is 1. The second-order valence-electron chi connectivity index (χ2n) is 4.53. The molecule has 0 aliphatic heterocycles. The first-order chi connectivity index (χ1) is 11.1. The number of alkyl halides is 3. The lowest BCUT2D eigenvalue weighted by atomic mass is 10.2. The Morgan fingerprint density at radius 1 is 1.21 bits per heavy atom. The van der Waals surface area contributed by atoms with Gasteiger partial charge < -0.3 is 8.92 Å². The van der Waals surface area contributed by atoms with Crippen molar-refractivity contribution in [2.75, 3.05) is 0 Å². The van der Waals surface area contributed by atoms with Gasteiger partial charge in [-0.3, -0.25) is 0 Å². The number of nitriles is 1. The van der Waals surface area contributed by atoms with Crippen LogP contribution in [-0.4, -0.2) is 19.8 Å². The predicted octanol–water partition coefficient (Wildman–Crippen LogP) is 2.93. The van der Waals surface area contributed by atoms with Crippen molar-refractivity contribution >= 4 is 10.1 Å². The predicted molar refractivity (Wildman–Crippen MR) is 74.6 cm³/mol. The molecule has 0 bridgehead atoms. The van der Waals surface area contributed by atoms with Crippen LogP contribution in [0.1, 0.15) is 11.3 Å². The van der Waals surface area contributed by atoms with E-state index in [9.17, 15) is 21.6 Å². The minimum absolute atomic E-state index is 0.223. The number of ether oxygens (including phenoxy) is 1. The van der Waals surface area contributed by atoms with Gasteiger partial charge in [0.2, 0.25) is 0 Å². The zero-order chi connectivity index (χ0) is 18.0. The molecular formula is C14H9F3N2O4S. The van der Waals surface area contributed by atoms with Gasteiger partial charge in [0.05, 0.1) is 6.20 Å². The van der Waals surface area contributed by atoms with Gasteiger partial charge in [-0.2, -0.15) is 13.7 Å². The third-order valence-electron chi connectivity index (χ3n) is 2.68. The van der Waals surface area contributed by atoms with Gasteiger partial charge in [-0.15, -0.1) is 13.2 Å². The highest BCUT2D eigenvalue weighted by Gasteiger charge is 2.32. The monoisotopic (exact) mass is 358 g/mol. The molecule has 10 heteroatoms. The Morgan fingerprint density at radius 3 is 2.38 bits per heavy atom. The Balaban J connectivity index is 2.38. The smallest absolute Gasteiger partial charge is 0.404 e. The maximum Gasteiger partial charge on any atom is 0.573 e. The number of halogens is 3. The van der Waals surface area contributed by atoms with E-state index >= 15 is 0 Å². The van der Waals surface area contributed by atoms with Crippen molar-refractivity contribution in [2.24, 2.45) is 0 Å². The molecule has 1 aromatic heterocycles. The van der Waals surface area contributed by atoms with Crippen molar-refractivity contribution in [1.29, 1.82) is 5.26 Å². The van der Waals surface area contributed by atoms with Crippen LogP contribution in [0.4, 0.5) is 13.2 Å². The summed E-state index contributed by atoms with van der Waals surface area (Å²) in [5.41, 5.74) is 0.300. The highest BCUT2D eigenvalue weighted by molar-refractivity contribution is 7.87. The molecule has 0 aliphatic carbocycles. The zero-order valence-electron chi connectivity index (χ0n) is 12.0. The fraction of sp³-hybridized carbons (Fsp3) is 0.143. The van der Waals surface area contributed by atoms with Crippen molar-refractivity contribution < 1.29 is 30.5 Å². The van der Waals surface area contributed by atoms with E-state index < -0.39 is 33.7 Å². The highest BCUT2D eigenvalue weighted by Crippen LogP contribution is 2.29. The van der Waals surface area contributed by atoms with Gasteiger partial charge in [-0.05, 0) is 19.1 Å². The van der Waals surface area contributed by atoms with Crippen LogP contribution in [0.25, 0.3) is 0 Å². The Morgan fingerprint density at radius 2 is 1.83 bits per heavy atom. The second kappa shape index (κ2) is 6.37. The summed E-state index contributed by atoms with van der Waals surface area (Å²) in [7, 11) is -4.35. The van der Waals surface area contributed by atoms with Crippen molar-refractivity contribution in [3.63, 3.8) is 0 Å². The van der Waals surface area contributed by atoms with E-state index in [2.05, 4.69) is 9.72 Å². The van der Waals surface area contributed by atoms with Gasteiger partial charge in [0, 0.05) is 6.07 Å². The molecule has 0 saturated carbocycles. The quantitative estimate of drug-likeness (QED) is 0.781. The molecule has 0 aliphatic rings. The van der Waals surface area contributed by atoms with E-state index in [0.717, 1.165) is 5.56 Å². The van der Waals surface area contributed by atoms with E-state index in [4.69, 9.17) is 9.44 Å². The number of benzene rings is 1.